The van der Waals surface area contributed by atoms with Crippen LogP contribution in [0.5, 0.6) is 0 Å². The quantitative estimate of drug-likeness (QED) is 0.157. The summed E-state index contributed by atoms with van der Waals surface area (Å²) in [5, 5.41) is 2.32. The molecule has 2 atom stereocenters. The van der Waals surface area contributed by atoms with Crippen LogP contribution < -0.4 is 9.62 Å². The van der Waals surface area contributed by atoms with Gasteiger partial charge in [-0.05, 0) is 61.7 Å². The molecule has 0 fully saturated rings. The lowest BCUT2D eigenvalue weighted by molar-refractivity contribution is -0.140. The van der Waals surface area contributed by atoms with Crippen LogP contribution in [0.4, 0.5) is 18.9 Å². The molecule has 0 aliphatic rings. The molecule has 0 heterocycles. The Hall–Kier alpha value is -4.35. The van der Waals surface area contributed by atoms with Crippen LogP contribution in [0.1, 0.15) is 42.5 Å². The second-order valence-electron chi connectivity index (χ2n) is 11.5. The van der Waals surface area contributed by atoms with Gasteiger partial charge in [0.2, 0.25) is 11.8 Å². The van der Waals surface area contributed by atoms with Crippen LogP contribution in [0.2, 0.25) is 5.02 Å². The summed E-state index contributed by atoms with van der Waals surface area (Å²) in [6, 6.07) is 24.8. The maximum atomic E-state index is 14.5. The fraction of sp³-hybridized carbons (Fsp3) is 0.278. The van der Waals surface area contributed by atoms with Crippen molar-refractivity contribution in [3.63, 3.8) is 0 Å². The number of carbonyl (C=O) groups is 2. The molecule has 4 rings (SSSR count). The van der Waals surface area contributed by atoms with Crippen LogP contribution in [0.3, 0.4) is 0 Å². The van der Waals surface area contributed by atoms with Gasteiger partial charge in [-0.1, -0.05) is 96.9 Å². The lowest BCUT2D eigenvalue weighted by Gasteiger charge is -2.34. The average Bonchev–Trinajstić information content (AvgIpc) is 3.06. The molecule has 0 saturated heterocycles. The molecule has 48 heavy (non-hydrogen) atoms. The molecule has 1 N–H and O–H groups in total. The fourth-order valence-corrected chi connectivity index (χ4v) is 6.67. The minimum Gasteiger partial charge on any atom is -0.352 e. The summed E-state index contributed by atoms with van der Waals surface area (Å²) < 4.78 is 70.6. The second kappa shape index (κ2) is 15.7. The molecule has 0 bridgehead atoms. The Kier molecular flexibility index (Phi) is 11.9. The molecule has 0 aromatic heterocycles. The first kappa shape index (κ1) is 36.5. The third-order valence-corrected chi connectivity index (χ3v) is 10.0. The zero-order chi connectivity index (χ0) is 35.1. The molecule has 2 amide bonds. The number of aryl methyl sites for hydroxylation is 1. The third kappa shape index (κ3) is 9.17. The monoisotopic (exact) mass is 699 g/mol. The Morgan fingerprint density at radius 2 is 1.48 bits per heavy atom. The van der Waals surface area contributed by atoms with E-state index in [4.69, 9.17) is 11.6 Å². The predicted molar refractivity (Wildman–Crippen MR) is 181 cm³/mol. The van der Waals surface area contributed by atoms with Crippen LogP contribution in [-0.4, -0.2) is 43.8 Å². The molecular weight excluding hydrogens is 663 g/mol. The Morgan fingerprint density at radius 1 is 0.875 bits per heavy atom. The molecule has 0 unspecified atom stereocenters. The van der Waals surface area contributed by atoms with Crippen molar-refractivity contribution in [2.24, 2.45) is 0 Å². The number of sulfonamides is 1. The number of hydrogen-bond donors (Lipinski definition) is 1. The largest absolute Gasteiger partial charge is 0.417 e. The fourth-order valence-electron chi connectivity index (χ4n) is 5.02. The number of carbonyl (C=O) groups excluding carboxylic acids is 2. The number of anilines is 1. The first-order chi connectivity index (χ1) is 22.7. The molecule has 4 aromatic carbocycles. The SMILES string of the molecule is CC[C@H](C)NC(=O)[C@H](Cc1ccccc1)N(Cc1ccc(C)cc1)C(=O)CN(c1ccc(Cl)c(C(F)(F)F)c1)S(=O)(=O)c1ccccc1. The van der Waals surface area contributed by atoms with E-state index in [2.05, 4.69) is 5.32 Å². The van der Waals surface area contributed by atoms with Crippen molar-refractivity contribution in [3.8, 4) is 0 Å². The Bertz CT molecular complexity index is 1810. The lowest BCUT2D eigenvalue weighted by Crippen LogP contribution is -2.54. The van der Waals surface area contributed by atoms with Crippen molar-refractivity contribution >= 4 is 39.1 Å². The van der Waals surface area contributed by atoms with Crippen molar-refractivity contribution < 1.29 is 31.2 Å². The number of halogens is 4. The Morgan fingerprint density at radius 3 is 2.06 bits per heavy atom. The minimum absolute atomic E-state index is 0.0712. The molecule has 0 spiro atoms. The van der Waals surface area contributed by atoms with Crippen LogP contribution in [-0.2, 0) is 38.8 Å². The van der Waals surface area contributed by atoms with Crippen molar-refractivity contribution in [2.45, 2.75) is 63.3 Å². The van der Waals surface area contributed by atoms with E-state index in [1.54, 1.807) is 30.3 Å². The molecule has 254 valence electrons. The van der Waals surface area contributed by atoms with E-state index < -0.39 is 56.9 Å². The summed E-state index contributed by atoms with van der Waals surface area (Å²) >= 11 is 5.87. The molecule has 0 aliphatic heterocycles. The van der Waals surface area contributed by atoms with E-state index in [0.29, 0.717) is 22.4 Å². The lowest BCUT2D eigenvalue weighted by atomic mass is 10.0. The number of rotatable bonds is 13. The first-order valence-corrected chi connectivity index (χ1v) is 17.2. The van der Waals surface area contributed by atoms with E-state index in [1.807, 2.05) is 51.1 Å². The summed E-state index contributed by atoms with van der Waals surface area (Å²) in [6.07, 6.45) is -4.17. The number of nitrogens with zero attached hydrogens (tertiary/aromatic N) is 2. The van der Waals surface area contributed by atoms with Crippen LogP contribution >= 0.6 is 11.6 Å². The predicted octanol–water partition coefficient (Wildman–Crippen LogP) is 7.42. The van der Waals surface area contributed by atoms with Gasteiger partial charge in [-0.25, -0.2) is 8.42 Å². The summed E-state index contributed by atoms with van der Waals surface area (Å²) in [4.78, 5) is 29.5. The second-order valence-corrected chi connectivity index (χ2v) is 13.8. The van der Waals surface area contributed by atoms with E-state index in [0.717, 1.165) is 23.3 Å². The van der Waals surface area contributed by atoms with Gasteiger partial charge in [0.05, 0.1) is 21.2 Å². The topological polar surface area (TPSA) is 86.8 Å². The Labute approximate surface area is 284 Å². The van der Waals surface area contributed by atoms with Gasteiger partial charge in [0.25, 0.3) is 10.0 Å². The zero-order valence-corrected chi connectivity index (χ0v) is 28.3. The third-order valence-electron chi connectivity index (χ3n) is 7.90. The highest BCUT2D eigenvalue weighted by Gasteiger charge is 2.37. The molecule has 0 radical (unpaired) electrons. The first-order valence-electron chi connectivity index (χ1n) is 15.3. The highest BCUT2D eigenvalue weighted by Crippen LogP contribution is 2.38. The van der Waals surface area contributed by atoms with Crippen LogP contribution in [0.25, 0.3) is 0 Å². The van der Waals surface area contributed by atoms with E-state index in [-0.39, 0.29) is 23.9 Å². The van der Waals surface area contributed by atoms with Gasteiger partial charge >= 0.3 is 6.18 Å². The molecule has 0 aliphatic carbocycles. The van der Waals surface area contributed by atoms with E-state index in [1.165, 1.54) is 29.2 Å². The molecule has 0 saturated carbocycles. The van der Waals surface area contributed by atoms with Gasteiger partial charge < -0.3 is 10.2 Å². The number of amides is 2. The Balaban J connectivity index is 1.86. The normalized spacial score (nSPS) is 13.0. The van der Waals surface area contributed by atoms with Crippen molar-refractivity contribution in [3.05, 3.63) is 130 Å². The van der Waals surface area contributed by atoms with Crippen molar-refractivity contribution in [1.82, 2.24) is 10.2 Å². The maximum absolute atomic E-state index is 14.5. The molecule has 4 aromatic rings. The van der Waals surface area contributed by atoms with Crippen LogP contribution in [0.15, 0.2) is 108 Å². The van der Waals surface area contributed by atoms with Crippen molar-refractivity contribution in [2.75, 3.05) is 10.8 Å². The minimum atomic E-state index is -4.90. The number of benzene rings is 4. The average molecular weight is 700 g/mol. The summed E-state index contributed by atoms with van der Waals surface area (Å²) in [5.41, 5.74) is 0.725. The number of nitrogens with one attached hydrogen (secondary N) is 1. The number of hydrogen-bond acceptors (Lipinski definition) is 4. The van der Waals surface area contributed by atoms with Gasteiger partial charge in [0.1, 0.15) is 12.6 Å². The standard InChI is InChI=1S/C36H37ClF3N3O4S/c1-4-26(3)41-35(45)33(21-27-11-7-5-8-12-27)42(23-28-17-15-25(2)16-18-28)34(44)24-43(48(46,47)30-13-9-6-10-14-30)29-19-20-32(37)31(22-29)36(38,39)40/h5-20,22,26,33H,4,21,23-24H2,1-3H3,(H,41,45)/t26-,33-/m0/s1. The van der Waals surface area contributed by atoms with E-state index in [9.17, 15) is 31.2 Å². The van der Waals surface area contributed by atoms with Gasteiger partial charge in [-0.3, -0.25) is 13.9 Å². The zero-order valence-electron chi connectivity index (χ0n) is 26.7. The highest BCUT2D eigenvalue weighted by molar-refractivity contribution is 7.92. The molecule has 12 heteroatoms. The van der Waals surface area contributed by atoms with Crippen molar-refractivity contribution in [1.29, 1.82) is 0 Å². The molecular formula is C36H37ClF3N3O4S. The summed E-state index contributed by atoms with van der Waals surface area (Å²) in [6.45, 7) is 4.66. The van der Waals surface area contributed by atoms with Gasteiger partial charge in [0, 0.05) is 19.0 Å². The number of alkyl halides is 3. The van der Waals surface area contributed by atoms with Gasteiger partial charge in [0.15, 0.2) is 0 Å². The summed E-state index contributed by atoms with van der Waals surface area (Å²) in [5.74, 6) is -1.24. The van der Waals surface area contributed by atoms with Crippen LogP contribution in [0, 0.1) is 6.92 Å². The van der Waals surface area contributed by atoms with Gasteiger partial charge in [-0.15, -0.1) is 0 Å². The highest BCUT2D eigenvalue weighted by atomic mass is 35.5. The maximum Gasteiger partial charge on any atom is 0.417 e. The summed E-state index contributed by atoms with van der Waals surface area (Å²) in [7, 11) is -4.59. The van der Waals surface area contributed by atoms with E-state index >= 15 is 0 Å². The smallest absolute Gasteiger partial charge is 0.352 e. The molecule has 7 nitrogen and oxygen atoms in total. The van der Waals surface area contributed by atoms with Gasteiger partial charge in [-0.2, -0.15) is 13.2 Å².